The van der Waals surface area contributed by atoms with Crippen molar-refractivity contribution in [1.82, 2.24) is 0 Å². The first-order chi connectivity index (χ1) is 12.2. The van der Waals surface area contributed by atoms with E-state index in [2.05, 4.69) is 33.8 Å². The summed E-state index contributed by atoms with van der Waals surface area (Å²) < 4.78 is 17.8. The van der Waals surface area contributed by atoms with Crippen LogP contribution >= 0.6 is 0 Å². The Kier molecular flexibility index (Phi) is 13.0. The van der Waals surface area contributed by atoms with E-state index in [1.165, 1.54) is 24.8 Å². The van der Waals surface area contributed by atoms with Crippen LogP contribution in [0.15, 0.2) is 23.0 Å². The van der Waals surface area contributed by atoms with Crippen LogP contribution in [0.5, 0.6) is 0 Å². The van der Waals surface area contributed by atoms with Crippen molar-refractivity contribution >= 4 is 0 Å². The minimum atomic E-state index is -0.742. The van der Waals surface area contributed by atoms with Gasteiger partial charge in [-0.15, -0.1) is 0 Å². The maximum atomic E-state index is 5.95. The van der Waals surface area contributed by atoms with Gasteiger partial charge in [0.25, 0.3) is 0 Å². The molecule has 0 spiro atoms. The topological polar surface area (TPSA) is 27.7 Å². The Bertz CT molecular complexity index is 431. The average Bonchev–Trinajstić information content (AvgIpc) is 2.59. The predicted octanol–water partition coefficient (Wildman–Crippen LogP) is 6.88. The van der Waals surface area contributed by atoms with Gasteiger partial charge >= 0.3 is 0 Å². The fourth-order valence-electron chi connectivity index (χ4n) is 3.22. The van der Waals surface area contributed by atoms with E-state index in [9.17, 15) is 0 Å². The van der Waals surface area contributed by atoms with E-state index in [0.717, 1.165) is 29.6 Å². The zero-order chi connectivity index (χ0) is 20.2. The first-order valence-electron chi connectivity index (χ1n) is 10.5. The molecule has 26 heavy (non-hydrogen) atoms. The van der Waals surface area contributed by atoms with Gasteiger partial charge in [0, 0.05) is 18.8 Å². The normalized spacial score (nSPS) is 16.3. The van der Waals surface area contributed by atoms with Gasteiger partial charge in [0.15, 0.2) is 5.79 Å². The van der Waals surface area contributed by atoms with Crippen molar-refractivity contribution in [2.24, 2.45) is 11.8 Å². The van der Waals surface area contributed by atoms with Gasteiger partial charge in [-0.2, -0.15) is 0 Å². The first kappa shape index (κ1) is 25.2. The monoisotopic (exact) mass is 368 g/mol. The molecule has 2 unspecified atom stereocenters. The molecule has 2 atom stereocenters. The zero-order valence-electron chi connectivity index (χ0n) is 18.9. The second-order valence-corrected chi connectivity index (χ2v) is 7.51. The van der Waals surface area contributed by atoms with E-state index in [4.69, 9.17) is 14.2 Å². The molecule has 0 N–H and O–H groups in total. The molecule has 0 aliphatic rings. The zero-order valence-corrected chi connectivity index (χ0v) is 18.9. The molecular formula is C23H44O3. The molecule has 0 saturated heterocycles. The number of rotatable bonds is 14. The van der Waals surface area contributed by atoms with E-state index in [1.807, 2.05) is 34.6 Å². The van der Waals surface area contributed by atoms with Crippen molar-refractivity contribution in [2.75, 3.05) is 19.8 Å². The highest BCUT2D eigenvalue weighted by Gasteiger charge is 2.30. The molecule has 0 aromatic carbocycles. The van der Waals surface area contributed by atoms with Gasteiger partial charge in [0.2, 0.25) is 0 Å². The quantitative estimate of drug-likeness (QED) is 0.190. The summed E-state index contributed by atoms with van der Waals surface area (Å²) >= 11 is 0. The molecule has 0 bridgehead atoms. The number of hydrogen-bond acceptors (Lipinski definition) is 3. The standard InChI is InChI=1S/C23H44O3/c1-10-14-19(6)20(7)16-15-18(5)17-22(24-11-2)21(8)23(9,25-12-3)26-13-4/h17,19-20H,10-16H2,1-9H3. The largest absolute Gasteiger partial charge is 0.494 e. The Morgan fingerprint density at radius 1 is 0.885 bits per heavy atom. The summed E-state index contributed by atoms with van der Waals surface area (Å²) in [7, 11) is 0. The smallest absolute Gasteiger partial charge is 0.191 e. The minimum absolute atomic E-state index is 0.600. The Hall–Kier alpha value is -0.800. The predicted molar refractivity (Wildman–Crippen MR) is 112 cm³/mol. The van der Waals surface area contributed by atoms with Crippen molar-refractivity contribution in [3.63, 3.8) is 0 Å². The summed E-state index contributed by atoms with van der Waals surface area (Å²) in [6.07, 6.45) is 7.07. The van der Waals surface area contributed by atoms with Crippen molar-refractivity contribution < 1.29 is 14.2 Å². The molecule has 0 rings (SSSR count). The summed E-state index contributed by atoms with van der Waals surface area (Å²) in [6.45, 7) is 21.1. The molecule has 0 fully saturated rings. The SMILES string of the molecule is CCCC(C)C(C)CCC(C)=CC(OCC)=C(C)C(C)(OCC)OCC. The Morgan fingerprint density at radius 2 is 1.42 bits per heavy atom. The lowest BCUT2D eigenvalue weighted by Crippen LogP contribution is -2.35. The molecule has 3 heteroatoms. The molecule has 0 aromatic heterocycles. The summed E-state index contributed by atoms with van der Waals surface area (Å²) in [4.78, 5) is 0. The highest BCUT2D eigenvalue weighted by Crippen LogP contribution is 2.29. The molecule has 0 aliphatic heterocycles. The van der Waals surface area contributed by atoms with Gasteiger partial charge in [0.05, 0.1) is 6.61 Å². The summed E-state index contributed by atoms with van der Waals surface area (Å²) in [5, 5.41) is 0. The van der Waals surface area contributed by atoms with E-state index >= 15 is 0 Å². The lowest BCUT2D eigenvalue weighted by molar-refractivity contribution is -0.195. The Labute approximate surface area is 163 Å². The molecule has 3 nitrogen and oxygen atoms in total. The molecule has 154 valence electrons. The summed E-state index contributed by atoms with van der Waals surface area (Å²) in [5.41, 5.74) is 2.34. The van der Waals surface area contributed by atoms with Crippen LogP contribution in [0.4, 0.5) is 0 Å². The number of ether oxygens (including phenoxy) is 3. The molecule has 0 saturated carbocycles. The van der Waals surface area contributed by atoms with Crippen molar-refractivity contribution in [2.45, 2.75) is 93.8 Å². The average molecular weight is 369 g/mol. The van der Waals surface area contributed by atoms with Crippen LogP contribution in [0.3, 0.4) is 0 Å². The molecule has 0 radical (unpaired) electrons. The third kappa shape index (κ3) is 8.73. The number of hydrogen-bond donors (Lipinski definition) is 0. The van der Waals surface area contributed by atoms with Gasteiger partial charge in [-0.25, -0.2) is 0 Å². The maximum absolute atomic E-state index is 5.95. The van der Waals surface area contributed by atoms with Crippen LogP contribution < -0.4 is 0 Å². The van der Waals surface area contributed by atoms with Crippen LogP contribution in [0, 0.1) is 11.8 Å². The van der Waals surface area contributed by atoms with Gasteiger partial charge in [-0.3, -0.25) is 0 Å². The summed E-state index contributed by atoms with van der Waals surface area (Å²) in [5.74, 6) is 1.67. The third-order valence-electron chi connectivity index (χ3n) is 5.28. The fraction of sp³-hybridized carbons (Fsp3) is 0.826. The Balaban J connectivity index is 5.29. The van der Waals surface area contributed by atoms with Crippen LogP contribution in [0.2, 0.25) is 0 Å². The van der Waals surface area contributed by atoms with Gasteiger partial charge in [-0.05, 0) is 72.3 Å². The van der Waals surface area contributed by atoms with Crippen LogP contribution in [0.1, 0.15) is 88.0 Å². The van der Waals surface area contributed by atoms with Gasteiger partial charge in [-0.1, -0.05) is 39.2 Å². The van der Waals surface area contributed by atoms with Gasteiger partial charge < -0.3 is 14.2 Å². The fourth-order valence-corrected chi connectivity index (χ4v) is 3.22. The van der Waals surface area contributed by atoms with E-state index in [-0.39, 0.29) is 0 Å². The van der Waals surface area contributed by atoms with Crippen molar-refractivity contribution in [3.8, 4) is 0 Å². The molecule has 0 aromatic rings. The lowest BCUT2D eigenvalue weighted by Gasteiger charge is -2.31. The highest BCUT2D eigenvalue weighted by atomic mass is 16.7. The van der Waals surface area contributed by atoms with Crippen molar-refractivity contribution in [3.05, 3.63) is 23.0 Å². The summed E-state index contributed by atoms with van der Waals surface area (Å²) in [6, 6.07) is 0. The van der Waals surface area contributed by atoms with E-state index < -0.39 is 5.79 Å². The van der Waals surface area contributed by atoms with Crippen LogP contribution in [0.25, 0.3) is 0 Å². The van der Waals surface area contributed by atoms with E-state index in [0.29, 0.717) is 19.8 Å². The minimum Gasteiger partial charge on any atom is -0.494 e. The second-order valence-electron chi connectivity index (χ2n) is 7.51. The van der Waals surface area contributed by atoms with E-state index in [1.54, 1.807) is 0 Å². The molecular weight excluding hydrogens is 324 g/mol. The van der Waals surface area contributed by atoms with Crippen LogP contribution in [-0.4, -0.2) is 25.6 Å². The van der Waals surface area contributed by atoms with Gasteiger partial charge in [0.1, 0.15) is 5.76 Å². The maximum Gasteiger partial charge on any atom is 0.191 e. The lowest BCUT2D eigenvalue weighted by atomic mass is 9.87. The third-order valence-corrected chi connectivity index (χ3v) is 5.28. The number of allylic oxidation sites excluding steroid dienone is 2. The second kappa shape index (κ2) is 13.4. The molecule has 0 heterocycles. The molecule has 0 aliphatic carbocycles. The first-order valence-corrected chi connectivity index (χ1v) is 10.5. The van der Waals surface area contributed by atoms with Crippen LogP contribution in [-0.2, 0) is 14.2 Å². The van der Waals surface area contributed by atoms with Crippen molar-refractivity contribution in [1.29, 1.82) is 0 Å². The molecule has 0 amide bonds. The highest BCUT2D eigenvalue weighted by molar-refractivity contribution is 5.26. The Morgan fingerprint density at radius 3 is 1.88 bits per heavy atom.